The Morgan fingerprint density at radius 2 is 2.17 bits per heavy atom. The number of tetrazole rings is 1. The number of ether oxygens (including phenoxy) is 1. The quantitative estimate of drug-likeness (QED) is 0.878. The third kappa shape index (κ3) is 2.06. The van der Waals surface area contributed by atoms with Gasteiger partial charge in [0.25, 0.3) is 0 Å². The van der Waals surface area contributed by atoms with E-state index in [1.54, 1.807) is 18.1 Å². The minimum Gasteiger partial charge on any atom is -0.381 e. The number of hydrogen-bond donors (Lipinski definition) is 1. The molecule has 0 bridgehead atoms. The number of anilines is 1. The Bertz CT molecular complexity index is 507. The fourth-order valence-corrected chi connectivity index (χ4v) is 2.16. The first-order chi connectivity index (χ1) is 8.86. The number of benzene rings is 1. The summed E-state index contributed by atoms with van der Waals surface area (Å²) in [6.45, 7) is 0. The van der Waals surface area contributed by atoms with Gasteiger partial charge in [0, 0.05) is 13.2 Å². The molecule has 1 aromatic heterocycles. The molecule has 0 radical (unpaired) electrons. The highest BCUT2D eigenvalue weighted by atomic mass is 16.5. The van der Waals surface area contributed by atoms with Crippen LogP contribution < -0.4 is 5.32 Å². The van der Waals surface area contributed by atoms with Crippen LogP contribution in [-0.4, -0.2) is 39.5 Å². The SMILES string of the molecule is COC1CC(Nc2ccccc2-n2cnnn2)C1. The van der Waals surface area contributed by atoms with E-state index in [9.17, 15) is 0 Å². The van der Waals surface area contributed by atoms with E-state index in [4.69, 9.17) is 4.74 Å². The number of hydrogen-bond acceptors (Lipinski definition) is 5. The molecule has 18 heavy (non-hydrogen) atoms. The fourth-order valence-electron chi connectivity index (χ4n) is 2.16. The maximum Gasteiger partial charge on any atom is 0.143 e. The molecule has 1 fully saturated rings. The summed E-state index contributed by atoms with van der Waals surface area (Å²) in [6, 6.07) is 8.47. The van der Waals surface area contributed by atoms with Gasteiger partial charge in [-0.25, -0.2) is 0 Å². The molecule has 0 spiro atoms. The monoisotopic (exact) mass is 245 g/mol. The van der Waals surface area contributed by atoms with Gasteiger partial charge in [0.2, 0.25) is 0 Å². The molecule has 1 aliphatic carbocycles. The van der Waals surface area contributed by atoms with Gasteiger partial charge in [-0.3, -0.25) is 0 Å². The molecule has 1 heterocycles. The van der Waals surface area contributed by atoms with E-state index in [0.717, 1.165) is 24.2 Å². The highest BCUT2D eigenvalue weighted by molar-refractivity contribution is 5.61. The lowest BCUT2D eigenvalue weighted by Crippen LogP contribution is -2.40. The number of para-hydroxylation sites is 2. The fraction of sp³-hybridized carbons (Fsp3) is 0.417. The predicted molar refractivity (Wildman–Crippen MR) is 66.6 cm³/mol. The zero-order valence-electron chi connectivity index (χ0n) is 10.2. The Balaban J connectivity index is 1.76. The van der Waals surface area contributed by atoms with Crippen molar-refractivity contribution in [3.63, 3.8) is 0 Å². The lowest BCUT2D eigenvalue weighted by molar-refractivity contribution is 0.0329. The van der Waals surface area contributed by atoms with E-state index in [2.05, 4.69) is 20.8 Å². The van der Waals surface area contributed by atoms with E-state index in [-0.39, 0.29) is 0 Å². The minimum atomic E-state index is 0.391. The van der Waals surface area contributed by atoms with Gasteiger partial charge < -0.3 is 10.1 Å². The van der Waals surface area contributed by atoms with Crippen LogP contribution in [0, 0.1) is 0 Å². The maximum absolute atomic E-state index is 5.28. The molecular weight excluding hydrogens is 230 g/mol. The van der Waals surface area contributed by atoms with E-state index in [1.165, 1.54) is 0 Å². The first-order valence-electron chi connectivity index (χ1n) is 5.98. The van der Waals surface area contributed by atoms with Crippen LogP contribution in [0.3, 0.4) is 0 Å². The molecule has 1 aliphatic rings. The van der Waals surface area contributed by atoms with Gasteiger partial charge in [0.15, 0.2) is 0 Å². The van der Waals surface area contributed by atoms with Crippen molar-refractivity contribution in [2.24, 2.45) is 0 Å². The largest absolute Gasteiger partial charge is 0.381 e. The molecule has 6 nitrogen and oxygen atoms in total. The topological polar surface area (TPSA) is 64.9 Å². The molecule has 1 aromatic carbocycles. The first-order valence-corrected chi connectivity index (χ1v) is 5.98. The van der Waals surface area contributed by atoms with Crippen molar-refractivity contribution < 1.29 is 4.74 Å². The second-order valence-electron chi connectivity index (χ2n) is 4.44. The van der Waals surface area contributed by atoms with Crippen molar-refractivity contribution in [1.29, 1.82) is 0 Å². The molecule has 94 valence electrons. The lowest BCUT2D eigenvalue weighted by Gasteiger charge is -2.35. The molecule has 0 saturated heterocycles. The Labute approximate surface area is 105 Å². The molecule has 3 rings (SSSR count). The van der Waals surface area contributed by atoms with Crippen LogP contribution in [0.5, 0.6) is 0 Å². The van der Waals surface area contributed by atoms with Gasteiger partial charge in [-0.05, 0) is 35.4 Å². The summed E-state index contributed by atoms with van der Waals surface area (Å²) in [7, 11) is 1.76. The van der Waals surface area contributed by atoms with Crippen LogP contribution >= 0.6 is 0 Å². The normalized spacial score (nSPS) is 22.5. The smallest absolute Gasteiger partial charge is 0.143 e. The van der Waals surface area contributed by atoms with Crippen molar-refractivity contribution in [1.82, 2.24) is 20.2 Å². The Kier molecular flexibility index (Phi) is 2.93. The molecule has 0 amide bonds. The van der Waals surface area contributed by atoms with Crippen molar-refractivity contribution in [3.8, 4) is 5.69 Å². The molecule has 0 aliphatic heterocycles. The Morgan fingerprint density at radius 1 is 1.33 bits per heavy atom. The van der Waals surface area contributed by atoms with Crippen molar-refractivity contribution >= 4 is 5.69 Å². The second kappa shape index (κ2) is 4.73. The van der Waals surface area contributed by atoms with Crippen molar-refractivity contribution in [2.75, 3.05) is 12.4 Å². The number of nitrogens with one attached hydrogen (secondary N) is 1. The second-order valence-corrected chi connectivity index (χ2v) is 4.44. The summed E-state index contributed by atoms with van der Waals surface area (Å²) in [6.07, 6.45) is 4.07. The van der Waals surface area contributed by atoms with E-state index >= 15 is 0 Å². The van der Waals surface area contributed by atoms with Gasteiger partial charge in [0.05, 0.1) is 17.5 Å². The first kappa shape index (κ1) is 11.2. The van der Waals surface area contributed by atoms with E-state index in [1.807, 2.05) is 24.3 Å². The summed E-state index contributed by atoms with van der Waals surface area (Å²) in [5.41, 5.74) is 2.01. The molecular formula is C12H15N5O. The summed E-state index contributed by atoms with van der Waals surface area (Å²) >= 11 is 0. The number of nitrogens with zero attached hydrogens (tertiary/aromatic N) is 4. The third-order valence-electron chi connectivity index (χ3n) is 3.29. The minimum absolute atomic E-state index is 0.391. The van der Waals surface area contributed by atoms with Gasteiger partial charge in [-0.1, -0.05) is 12.1 Å². The van der Waals surface area contributed by atoms with Gasteiger partial charge >= 0.3 is 0 Å². The van der Waals surface area contributed by atoms with E-state index < -0.39 is 0 Å². The summed E-state index contributed by atoms with van der Waals surface area (Å²) in [5.74, 6) is 0. The summed E-state index contributed by atoms with van der Waals surface area (Å²) in [5, 5.41) is 14.7. The number of rotatable bonds is 4. The molecule has 0 unspecified atom stereocenters. The lowest BCUT2D eigenvalue weighted by atomic mass is 9.89. The van der Waals surface area contributed by atoms with Gasteiger partial charge in [-0.15, -0.1) is 5.10 Å². The van der Waals surface area contributed by atoms with Crippen LogP contribution in [0.25, 0.3) is 5.69 Å². The zero-order chi connectivity index (χ0) is 12.4. The van der Waals surface area contributed by atoms with Crippen LogP contribution in [0.1, 0.15) is 12.8 Å². The third-order valence-corrected chi connectivity index (χ3v) is 3.29. The van der Waals surface area contributed by atoms with Crippen molar-refractivity contribution in [3.05, 3.63) is 30.6 Å². The average molecular weight is 245 g/mol. The maximum atomic E-state index is 5.28. The Morgan fingerprint density at radius 3 is 2.89 bits per heavy atom. The van der Waals surface area contributed by atoms with Gasteiger partial charge in [-0.2, -0.15) is 4.68 Å². The highest BCUT2D eigenvalue weighted by Crippen LogP contribution is 2.28. The predicted octanol–water partition coefficient (Wildman–Crippen LogP) is 1.25. The molecule has 1 N–H and O–H groups in total. The molecule has 6 heteroatoms. The van der Waals surface area contributed by atoms with Gasteiger partial charge in [0.1, 0.15) is 6.33 Å². The summed E-state index contributed by atoms with van der Waals surface area (Å²) < 4.78 is 6.94. The van der Waals surface area contributed by atoms with Crippen molar-refractivity contribution in [2.45, 2.75) is 25.0 Å². The van der Waals surface area contributed by atoms with E-state index in [0.29, 0.717) is 12.1 Å². The zero-order valence-corrected chi connectivity index (χ0v) is 10.2. The Hall–Kier alpha value is -1.95. The molecule has 1 saturated carbocycles. The van der Waals surface area contributed by atoms with Crippen LogP contribution in [0.2, 0.25) is 0 Å². The van der Waals surface area contributed by atoms with Crippen LogP contribution in [0.15, 0.2) is 30.6 Å². The summed E-state index contributed by atoms with van der Waals surface area (Å²) in [4.78, 5) is 0. The molecule has 0 atom stereocenters. The van der Waals surface area contributed by atoms with Crippen LogP contribution in [-0.2, 0) is 4.74 Å². The molecule has 2 aromatic rings. The standard InChI is InChI=1S/C12H15N5O/c1-18-10-6-9(7-10)14-11-4-2-3-5-12(11)17-8-13-15-16-17/h2-5,8-10,14H,6-7H2,1H3. The van der Waals surface area contributed by atoms with Crippen LogP contribution in [0.4, 0.5) is 5.69 Å². The number of methoxy groups -OCH3 is 1. The number of aromatic nitrogens is 4. The average Bonchev–Trinajstić information content (AvgIpc) is 2.87. The highest BCUT2D eigenvalue weighted by Gasteiger charge is 2.29.